The topological polar surface area (TPSA) is 50.8 Å². The molecule has 0 spiro atoms. The molecule has 0 aliphatic carbocycles. The van der Waals surface area contributed by atoms with Crippen molar-refractivity contribution in [3.63, 3.8) is 0 Å². The fraction of sp³-hybridized carbons (Fsp3) is 0.588. The van der Waals surface area contributed by atoms with Gasteiger partial charge in [-0.05, 0) is 45.3 Å². The van der Waals surface area contributed by atoms with Crippen LogP contribution in [0.4, 0.5) is 8.78 Å². The average molecular weight is 352 g/mol. The molecule has 8 heteroatoms. The van der Waals surface area contributed by atoms with Crippen LogP contribution in [-0.2, 0) is 20.6 Å². The molecule has 5 nitrogen and oxygen atoms in total. The van der Waals surface area contributed by atoms with E-state index in [4.69, 9.17) is 9.31 Å². The molecule has 0 saturated carbocycles. The van der Waals surface area contributed by atoms with Crippen LogP contribution in [0.2, 0.25) is 0 Å². The van der Waals surface area contributed by atoms with Crippen LogP contribution in [0, 0.1) is 11.6 Å². The first-order valence-corrected chi connectivity index (χ1v) is 8.41. The number of nitrogens with one attached hydrogen (secondary N) is 1. The molecule has 1 aromatic rings. The Bertz CT molecular complexity index is 657. The van der Waals surface area contributed by atoms with Crippen molar-refractivity contribution in [3.8, 4) is 0 Å². The first-order chi connectivity index (χ1) is 11.6. The predicted molar refractivity (Wildman–Crippen MR) is 90.4 cm³/mol. The zero-order valence-corrected chi connectivity index (χ0v) is 15.0. The first kappa shape index (κ1) is 18.3. The minimum absolute atomic E-state index is 0.0463. The zero-order chi connectivity index (χ0) is 18.4. The third kappa shape index (κ3) is 3.56. The summed E-state index contributed by atoms with van der Waals surface area (Å²) < 4.78 is 40.7. The van der Waals surface area contributed by atoms with Gasteiger partial charge in [-0.25, -0.2) is 8.78 Å². The minimum Gasteiger partial charge on any atom is -0.399 e. The van der Waals surface area contributed by atoms with E-state index < -0.39 is 30.0 Å². The van der Waals surface area contributed by atoms with Gasteiger partial charge in [-0.2, -0.15) is 0 Å². The molecule has 2 saturated heterocycles. The number of hydrogen-bond donors (Lipinski definition) is 1. The van der Waals surface area contributed by atoms with Crippen LogP contribution in [0.25, 0.3) is 0 Å². The standard InChI is InChI=1S/C17H23BF2N2O3/c1-16(2)17(3,4)25-18(24-16)11-7-13(19)12(14(20)8-11)9-22-6-5-21-15(23)10-22/h7-8H,5-6,9-10H2,1-4H3,(H,21,23). The van der Waals surface area contributed by atoms with Gasteiger partial charge in [-0.1, -0.05) is 0 Å². The van der Waals surface area contributed by atoms with Gasteiger partial charge in [0.05, 0.1) is 17.7 Å². The maximum Gasteiger partial charge on any atom is 0.495 e. The second-order valence-corrected chi connectivity index (χ2v) is 7.61. The van der Waals surface area contributed by atoms with Gasteiger partial charge in [0.1, 0.15) is 11.6 Å². The van der Waals surface area contributed by atoms with Crippen molar-refractivity contribution in [1.29, 1.82) is 0 Å². The second-order valence-electron chi connectivity index (χ2n) is 7.61. The minimum atomic E-state index is -0.816. The summed E-state index contributed by atoms with van der Waals surface area (Å²) in [7, 11) is -0.816. The smallest absolute Gasteiger partial charge is 0.399 e. The lowest BCUT2D eigenvalue weighted by molar-refractivity contribution is -0.124. The maximum atomic E-state index is 14.5. The Morgan fingerprint density at radius 2 is 1.72 bits per heavy atom. The molecule has 25 heavy (non-hydrogen) atoms. The molecule has 136 valence electrons. The van der Waals surface area contributed by atoms with E-state index in [0.717, 1.165) is 0 Å². The van der Waals surface area contributed by atoms with Crippen molar-refractivity contribution < 1.29 is 22.9 Å². The first-order valence-electron chi connectivity index (χ1n) is 8.41. The summed E-state index contributed by atoms with van der Waals surface area (Å²) in [6, 6.07) is 2.51. The van der Waals surface area contributed by atoms with Crippen LogP contribution < -0.4 is 10.8 Å². The van der Waals surface area contributed by atoms with Crippen molar-refractivity contribution in [2.24, 2.45) is 0 Å². The normalized spacial score (nSPS) is 23.0. The number of nitrogens with zero attached hydrogens (tertiary/aromatic N) is 1. The largest absolute Gasteiger partial charge is 0.495 e. The number of benzene rings is 1. The monoisotopic (exact) mass is 352 g/mol. The summed E-state index contributed by atoms with van der Waals surface area (Å²) in [6.45, 7) is 8.76. The molecule has 0 radical (unpaired) electrons. The molecule has 1 amide bonds. The van der Waals surface area contributed by atoms with Crippen LogP contribution in [0.15, 0.2) is 12.1 Å². The van der Waals surface area contributed by atoms with Crippen LogP contribution >= 0.6 is 0 Å². The Morgan fingerprint density at radius 1 is 1.16 bits per heavy atom. The lowest BCUT2D eigenvalue weighted by Crippen LogP contribution is -2.47. The summed E-state index contributed by atoms with van der Waals surface area (Å²) in [4.78, 5) is 13.1. The van der Waals surface area contributed by atoms with Crippen molar-refractivity contribution in [1.82, 2.24) is 10.2 Å². The number of hydrogen-bond acceptors (Lipinski definition) is 4. The summed E-state index contributed by atoms with van der Waals surface area (Å²) in [6.07, 6.45) is 0. The van der Waals surface area contributed by atoms with E-state index in [1.807, 2.05) is 27.7 Å². The van der Waals surface area contributed by atoms with E-state index in [9.17, 15) is 13.6 Å². The molecule has 0 atom stereocenters. The van der Waals surface area contributed by atoms with Crippen LogP contribution in [0.1, 0.15) is 33.3 Å². The number of carbonyl (C=O) groups is 1. The third-order valence-electron chi connectivity index (χ3n) is 5.19. The van der Waals surface area contributed by atoms with Gasteiger partial charge in [0, 0.05) is 25.2 Å². The molecular formula is C17H23BF2N2O3. The molecule has 0 unspecified atom stereocenters. The molecular weight excluding hydrogens is 329 g/mol. The molecule has 1 N–H and O–H groups in total. The average Bonchev–Trinajstić information content (AvgIpc) is 2.71. The molecule has 2 fully saturated rings. The van der Waals surface area contributed by atoms with Crippen molar-refractivity contribution in [2.45, 2.75) is 45.4 Å². The number of halogens is 2. The van der Waals surface area contributed by atoms with E-state index in [1.165, 1.54) is 12.1 Å². The lowest BCUT2D eigenvalue weighted by atomic mass is 9.78. The van der Waals surface area contributed by atoms with Gasteiger partial charge < -0.3 is 14.6 Å². The Balaban J connectivity index is 1.80. The molecule has 2 heterocycles. The summed E-state index contributed by atoms with van der Waals surface area (Å²) in [5, 5.41) is 2.69. The molecule has 1 aromatic carbocycles. The van der Waals surface area contributed by atoms with E-state index in [2.05, 4.69) is 5.32 Å². The van der Waals surface area contributed by atoms with Gasteiger partial charge in [0.2, 0.25) is 5.91 Å². The highest BCUT2D eigenvalue weighted by atomic mass is 19.1. The number of piperazine rings is 1. The number of carbonyl (C=O) groups excluding carboxylic acids is 1. The number of amides is 1. The van der Waals surface area contributed by atoms with Crippen LogP contribution in [0.3, 0.4) is 0 Å². The van der Waals surface area contributed by atoms with Gasteiger partial charge in [0.25, 0.3) is 0 Å². The number of rotatable bonds is 3. The van der Waals surface area contributed by atoms with E-state index >= 15 is 0 Å². The third-order valence-corrected chi connectivity index (χ3v) is 5.19. The SMILES string of the molecule is CC1(C)OB(c2cc(F)c(CN3CCNC(=O)C3)c(F)c2)OC1(C)C. The second kappa shape index (κ2) is 6.34. The lowest BCUT2D eigenvalue weighted by Gasteiger charge is -2.32. The predicted octanol–water partition coefficient (Wildman–Crippen LogP) is 1.20. The van der Waals surface area contributed by atoms with Gasteiger partial charge in [0.15, 0.2) is 0 Å². The Labute approximate surface area is 146 Å². The summed E-state index contributed by atoms with van der Waals surface area (Å²) >= 11 is 0. The highest BCUT2D eigenvalue weighted by Gasteiger charge is 2.52. The van der Waals surface area contributed by atoms with Crippen LogP contribution in [-0.4, -0.2) is 48.8 Å². The van der Waals surface area contributed by atoms with Crippen molar-refractivity contribution in [3.05, 3.63) is 29.3 Å². The summed E-state index contributed by atoms with van der Waals surface area (Å²) in [5.74, 6) is -1.45. The zero-order valence-electron chi connectivity index (χ0n) is 15.0. The highest BCUT2D eigenvalue weighted by Crippen LogP contribution is 2.36. The molecule has 0 aromatic heterocycles. The Morgan fingerprint density at radius 3 is 2.24 bits per heavy atom. The molecule has 3 rings (SSSR count). The Hall–Kier alpha value is -1.51. The molecule has 0 bridgehead atoms. The van der Waals surface area contributed by atoms with Gasteiger partial charge >= 0.3 is 7.12 Å². The van der Waals surface area contributed by atoms with E-state index in [0.29, 0.717) is 18.6 Å². The maximum absolute atomic E-state index is 14.5. The van der Waals surface area contributed by atoms with Crippen molar-refractivity contribution >= 4 is 18.5 Å². The fourth-order valence-corrected chi connectivity index (χ4v) is 2.94. The van der Waals surface area contributed by atoms with Gasteiger partial charge in [-0.15, -0.1) is 0 Å². The quantitative estimate of drug-likeness (QED) is 0.831. The van der Waals surface area contributed by atoms with E-state index in [-0.39, 0.29) is 24.6 Å². The van der Waals surface area contributed by atoms with Crippen LogP contribution in [0.5, 0.6) is 0 Å². The van der Waals surface area contributed by atoms with Gasteiger partial charge in [-0.3, -0.25) is 9.69 Å². The Kier molecular flexibility index (Phi) is 4.64. The molecule has 2 aliphatic rings. The van der Waals surface area contributed by atoms with E-state index in [1.54, 1.807) is 4.90 Å². The fourth-order valence-electron chi connectivity index (χ4n) is 2.94. The summed E-state index contributed by atoms with van der Waals surface area (Å²) in [5.41, 5.74) is -0.890. The molecule has 2 aliphatic heterocycles. The highest BCUT2D eigenvalue weighted by molar-refractivity contribution is 6.62. The van der Waals surface area contributed by atoms with Crippen molar-refractivity contribution in [2.75, 3.05) is 19.6 Å².